The zero-order chi connectivity index (χ0) is 9.97. The van der Waals surface area contributed by atoms with Gasteiger partial charge in [-0.1, -0.05) is 18.2 Å². The minimum Gasteiger partial charge on any atom is -0.487 e. The maximum absolute atomic E-state index is 9.65. The molecule has 14 heavy (non-hydrogen) atoms. The summed E-state index contributed by atoms with van der Waals surface area (Å²) in [5, 5.41) is 9.65. The van der Waals surface area contributed by atoms with Crippen LogP contribution in [0.15, 0.2) is 24.3 Å². The van der Waals surface area contributed by atoms with Gasteiger partial charge >= 0.3 is 0 Å². The third kappa shape index (κ3) is 1.59. The minimum atomic E-state index is -0.563. The Morgan fingerprint density at radius 1 is 1.57 bits per heavy atom. The first-order valence-corrected chi connectivity index (χ1v) is 4.67. The molecule has 72 valence electrons. The highest BCUT2D eigenvalue weighted by Crippen LogP contribution is 2.29. The predicted octanol–water partition coefficient (Wildman–Crippen LogP) is 1.37. The van der Waals surface area contributed by atoms with Gasteiger partial charge in [-0.25, -0.2) is 0 Å². The number of aliphatic hydroxyl groups excluding tert-OH is 1. The molecule has 0 aliphatic carbocycles. The van der Waals surface area contributed by atoms with Crippen LogP contribution in [0.25, 0.3) is 0 Å². The van der Waals surface area contributed by atoms with Crippen LogP contribution in [0.2, 0.25) is 0 Å². The van der Waals surface area contributed by atoms with E-state index in [0.29, 0.717) is 6.42 Å². The first kappa shape index (κ1) is 9.11. The van der Waals surface area contributed by atoms with Gasteiger partial charge in [-0.3, -0.25) is 0 Å². The van der Waals surface area contributed by atoms with E-state index < -0.39 is 6.10 Å². The monoisotopic (exact) mass is 188 g/mol. The zero-order valence-corrected chi connectivity index (χ0v) is 7.81. The second-order valence-corrected chi connectivity index (χ2v) is 3.44. The third-order valence-electron chi connectivity index (χ3n) is 2.43. The van der Waals surface area contributed by atoms with Gasteiger partial charge in [-0.2, -0.15) is 0 Å². The van der Waals surface area contributed by atoms with E-state index in [1.54, 1.807) is 0 Å². The van der Waals surface area contributed by atoms with Crippen LogP contribution in [0.4, 0.5) is 0 Å². The molecule has 2 heteroatoms. The number of benzene rings is 1. The first-order valence-electron chi connectivity index (χ1n) is 4.67. The molecule has 0 bridgehead atoms. The summed E-state index contributed by atoms with van der Waals surface area (Å²) in [6.07, 6.45) is 5.49. The molecule has 1 aromatic carbocycles. The largest absolute Gasteiger partial charge is 0.487 e. The minimum absolute atomic E-state index is 0.177. The number of hydrogen-bond donors (Lipinski definition) is 1. The normalized spacial score (nSPS) is 20.7. The van der Waals surface area contributed by atoms with Crippen LogP contribution in [0.5, 0.6) is 5.75 Å². The van der Waals surface area contributed by atoms with E-state index in [1.165, 1.54) is 0 Å². The van der Waals surface area contributed by atoms with Crippen molar-refractivity contribution < 1.29 is 9.84 Å². The fraction of sp³-hybridized carbons (Fsp3) is 0.333. The highest BCUT2D eigenvalue weighted by molar-refractivity contribution is 5.37. The van der Waals surface area contributed by atoms with Gasteiger partial charge in [0.2, 0.25) is 0 Å². The fourth-order valence-electron chi connectivity index (χ4n) is 1.68. The van der Waals surface area contributed by atoms with Gasteiger partial charge in [0, 0.05) is 12.8 Å². The van der Waals surface area contributed by atoms with Gasteiger partial charge in [0.25, 0.3) is 0 Å². The van der Waals surface area contributed by atoms with Crippen molar-refractivity contribution in [3.8, 4) is 18.1 Å². The van der Waals surface area contributed by atoms with Gasteiger partial charge < -0.3 is 9.84 Å². The van der Waals surface area contributed by atoms with E-state index in [9.17, 15) is 5.11 Å². The Morgan fingerprint density at radius 3 is 3.07 bits per heavy atom. The lowest BCUT2D eigenvalue weighted by Crippen LogP contribution is -2.29. The molecule has 1 aromatic rings. The molecular weight excluding hydrogens is 176 g/mol. The molecular formula is C12H12O2. The van der Waals surface area contributed by atoms with Gasteiger partial charge in [0.15, 0.2) is 0 Å². The Balaban J connectivity index is 2.08. The second kappa shape index (κ2) is 3.73. The van der Waals surface area contributed by atoms with E-state index in [4.69, 9.17) is 11.2 Å². The molecule has 2 rings (SSSR count). The van der Waals surface area contributed by atoms with Crippen LogP contribution in [-0.2, 0) is 6.42 Å². The zero-order valence-electron chi connectivity index (χ0n) is 7.81. The van der Waals surface area contributed by atoms with Crippen LogP contribution in [0, 0.1) is 12.3 Å². The maximum Gasteiger partial charge on any atom is 0.130 e. The average molecular weight is 188 g/mol. The summed E-state index contributed by atoms with van der Waals surface area (Å²) in [6, 6.07) is 7.82. The summed E-state index contributed by atoms with van der Waals surface area (Å²) >= 11 is 0. The van der Waals surface area contributed by atoms with Crippen molar-refractivity contribution in [1.82, 2.24) is 0 Å². The maximum atomic E-state index is 9.65. The van der Waals surface area contributed by atoms with E-state index >= 15 is 0 Å². The topological polar surface area (TPSA) is 29.5 Å². The molecule has 2 unspecified atom stereocenters. The van der Waals surface area contributed by atoms with Crippen LogP contribution in [-0.4, -0.2) is 17.3 Å². The number of ether oxygens (including phenoxy) is 1. The van der Waals surface area contributed by atoms with Crippen molar-refractivity contribution in [2.45, 2.75) is 25.0 Å². The molecule has 0 spiro atoms. The van der Waals surface area contributed by atoms with E-state index in [-0.39, 0.29) is 6.10 Å². The number of rotatable bonds is 2. The molecule has 0 saturated heterocycles. The molecule has 0 saturated carbocycles. The standard InChI is InChI=1S/C12H12O2/c1-2-5-10(13)12-8-9-6-3-4-7-11(9)14-12/h1,3-4,6-7,10,12-13H,5,8H2. The van der Waals surface area contributed by atoms with Crippen molar-refractivity contribution in [3.63, 3.8) is 0 Å². The molecule has 1 aliphatic rings. The molecule has 1 aliphatic heterocycles. The number of hydrogen-bond acceptors (Lipinski definition) is 2. The van der Waals surface area contributed by atoms with Crippen LogP contribution in [0.1, 0.15) is 12.0 Å². The van der Waals surface area contributed by atoms with E-state index in [0.717, 1.165) is 17.7 Å². The fourth-order valence-corrected chi connectivity index (χ4v) is 1.68. The Kier molecular flexibility index (Phi) is 2.43. The highest BCUT2D eigenvalue weighted by atomic mass is 16.5. The highest BCUT2D eigenvalue weighted by Gasteiger charge is 2.27. The van der Waals surface area contributed by atoms with E-state index in [2.05, 4.69) is 5.92 Å². The Hall–Kier alpha value is -1.46. The third-order valence-corrected chi connectivity index (χ3v) is 2.43. The van der Waals surface area contributed by atoms with Crippen LogP contribution < -0.4 is 4.74 Å². The van der Waals surface area contributed by atoms with Crippen LogP contribution >= 0.6 is 0 Å². The summed E-state index contributed by atoms with van der Waals surface area (Å²) in [4.78, 5) is 0. The number of fused-ring (bicyclic) bond motifs is 1. The number of aliphatic hydroxyl groups is 1. The SMILES string of the molecule is C#CCC(O)C1Cc2ccccc2O1. The van der Waals surface area contributed by atoms with Gasteiger partial charge in [-0.05, 0) is 11.6 Å². The summed E-state index contributed by atoms with van der Waals surface area (Å²) < 4.78 is 5.58. The molecule has 0 aromatic heterocycles. The van der Waals surface area contributed by atoms with Gasteiger partial charge in [0.05, 0.1) is 0 Å². The smallest absolute Gasteiger partial charge is 0.130 e. The Morgan fingerprint density at radius 2 is 2.36 bits per heavy atom. The lowest BCUT2D eigenvalue weighted by Gasteiger charge is -2.15. The second-order valence-electron chi connectivity index (χ2n) is 3.44. The molecule has 2 atom stereocenters. The van der Waals surface area contributed by atoms with Crippen LogP contribution in [0.3, 0.4) is 0 Å². The molecule has 1 N–H and O–H groups in total. The van der Waals surface area contributed by atoms with E-state index in [1.807, 2.05) is 24.3 Å². The summed E-state index contributed by atoms with van der Waals surface area (Å²) in [6.45, 7) is 0. The van der Waals surface area contributed by atoms with Crippen molar-refractivity contribution >= 4 is 0 Å². The van der Waals surface area contributed by atoms with Crippen molar-refractivity contribution in [2.75, 3.05) is 0 Å². The first-order chi connectivity index (χ1) is 6.81. The predicted molar refractivity (Wildman–Crippen MR) is 54.0 cm³/mol. The van der Waals surface area contributed by atoms with Crippen molar-refractivity contribution in [2.24, 2.45) is 0 Å². The summed E-state index contributed by atoms with van der Waals surface area (Å²) in [5.41, 5.74) is 1.15. The molecule has 0 fully saturated rings. The lowest BCUT2D eigenvalue weighted by molar-refractivity contribution is 0.0536. The molecule has 0 radical (unpaired) electrons. The Labute approximate surface area is 83.5 Å². The molecule has 1 heterocycles. The number of para-hydroxylation sites is 1. The molecule has 0 amide bonds. The van der Waals surface area contributed by atoms with Crippen molar-refractivity contribution in [1.29, 1.82) is 0 Å². The number of terminal acetylenes is 1. The lowest BCUT2D eigenvalue weighted by atomic mass is 10.0. The Bertz CT molecular complexity index is 340. The molecule has 2 nitrogen and oxygen atoms in total. The van der Waals surface area contributed by atoms with Crippen molar-refractivity contribution in [3.05, 3.63) is 29.8 Å². The van der Waals surface area contributed by atoms with Gasteiger partial charge in [-0.15, -0.1) is 12.3 Å². The van der Waals surface area contributed by atoms with Gasteiger partial charge in [0.1, 0.15) is 18.0 Å². The quantitative estimate of drug-likeness (QED) is 0.710. The summed E-state index contributed by atoms with van der Waals surface area (Å²) in [5.74, 6) is 3.31. The average Bonchev–Trinajstić information content (AvgIpc) is 2.61. The summed E-state index contributed by atoms with van der Waals surface area (Å²) in [7, 11) is 0.